The van der Waals surface area contributed by atoms with E-state index in [1.807, 2.05) is 44.0 Å². The van der Waals surface area contributed by atoms with E-state index in [1.54, 1.807) is 6.07 Å². The molecule has 0 saturated carbocycles. The van der Waals surface area contributed by atoms with Gasteiger partial charge in [0.15, 0.2) is 0 Å². The first-order chi connectivity index (χ1) is 10.9. The van der Waals surface area contributed by atoms with Crippen LogP contribution in [0.15, 0.2) is 10.9 Å². The van der Waals surface area contributed by atoms with E-state index < -0.39 is 0 Å². The van der Waals surface area contributed by atoms with E-state index in [9.17, 15) is 4.79 Å². The fraction of sp³-hybridized carbons (Fsp3) is 0.533. The first-order valence-corrected chi connectivity index (χ1v) is 7.78. The molecule has 23 heavy (non-hydrogen) atoms. The van der Waals surface area contributed by atoms with Crippen LogP contribution in [0.5, 0.6) is 0 Å². The van der Waals surface area contributed by atoms with Gasteiger partial charge in [0.1, 0.15) is 5.82 Å². The highest BCUT2D eigenvalue weighted by Gasteiger charge is 2.16. The van der Waals surface area contributed by atoms with Gasteiger partial charge in [-0.1, -0.05) is 19.1 Å². The monoisotopic (exact) mass is 315 g/mol. The normalized spacial score (nSPS) is 11.7. The molecule has 3 aromatic heterocycles. The second-order valence-electron chi connectivity index (χ2n) is 5.94. The van der Waals surface area contributed by atoms with Crippen molar-refractivity contribution in [1.82, 2.24) is 34.2 Å². The van der Waals surface area contributed by atoms with Gasteiger partial charge in [0.2, 0.25) is 0 Å². The van der Waals surface area contributed by atoms with Crippen LogP contribution in [0.3, 0.4) is 0 Å². The molecule has 0 aliphatic rings. The highest BCUT2D eigenvalue weighted by atomic mass is 16.1. The van der Waals surface area contributed by atoms with Crippen LogP contribution >= 0.6 is 0 Å². The van der Waals surface area contributed by atoms with Crippen molar-refractivity contribution in [3.05, 3.63) is 39.3 Å². The maximum atomic E-state index is 12.5. The smallest absolute Gasteiger partial charge is 0.267 e. The molecule has 0 amide bonds. The molecule has 0 N–H and O–H groups in total. The predicted molar refractivity (Wildman–Crippen MR) is 85.6 cm³/mol. The Labute approximate surface area is 133 Å². The Morgan fingerprint density at radius 3 is 2.61 bits per heavy atom. The minimum Gasteiger partial charge on any atom is -0.267 e. The van der Waals surface area contributed by atoms with Crippen molar-refractivity contribution < 1.29 is 0 Å². The zero-order valence-electron chi connectivity index (χ0n) is 14.1. The molecule has 0 bridgehead atoms. The molecule has 122 valence electrons. The van der Waals surface area contributed by atoms with Crippen molar-refractivity contribution in [3.63, 3.8) is 0 Å². The van der Waals surface area contributed by atoms with Gasteiger partial charge in [-0.05, 0) is 26.7 Å². The molecule has 0 spiro atoms. The van der Waals surface area contributed by atoms with Crippen LogP contribution < -0.4 is 5.56 Å². The number of fused-ring (bicyclic) bond motifs is 1. The number of nitrogens with zero attached hydrogens (tertiary/aromatic N) is 7. The number of aryl methyl sites for hydroxylation is 3. The molecule has 0 aromatic carbocycles. The second-order valence-corrected chi connectivity index (χ2v) is 5.94. The van der Waals surface area contributed by atoms with E-state index in [1.165, 1.54) is 4.52 Å². The first-order valence-electron chi connectivity index (χ1n) is 7.78. The molecule has 8 nitrogen and oxygen atoms in total. The molecule has 3 heterocycles. The van der Waals surface area contributed by atoms with E-state index in [4.69, 9.17) is 0 Å². The van der Waals surface area contributed by atoms with Crippen molar-refractivity contribution in [3.8, 4) is 0 Å². The third kappa shape index (κ3) is 2.54. The van der Waals surface area contributed by atoms with Gasteiger partial charge in [-0.3, -0.25) is 9.48 Å². The van der Waals surface area contributed by atoms with Crippen molar-refractivity contribution in [1.29, 1.82) is 0 Å². The third-order valence-electron chi connectivity index (χ3n) is 4.00. The summed E-state index contributed by atoms with van der Waals surface area (Å²) in [5.41, 5.74) is 2.46. The number of aromatic nitrogens is 7. The maximum absolute atomic E-state index is 12.5. The van der Waals surface area contributed by atoms with Crippen LogP contribution in [-0.2, 0) is 13.1 Å². The number of hydrogen-bond acceptors (Lipinski definition) is 5. The summed E-state index contributed by atoms with van der Waals surface area (Å²) in [6.07, 6.45) is 0. The molecule has 0 unspecified atom stereocenters. The molecule has 0 radical (unpaired) electrons. The summed E-state index contributed by atoms with van der Waals surface area (Å²) >= 11 is 0. The quantitative estimate of drug-likeness (QED) is 0.724. The molecule has 0 fully saturated rings. The van der Waals surface area contributed by atoms with Crippen LogP contribution in [0.2, 0.25) is 0 Å². The van der Waals surface area contributed by atoms with Crippen molar-refractivity contribution >= 4 is 5.78 Å². The topological polar surface area (TPSA) is 82.9 Å². The molecule has 3 rings (SSSR count). The molecule has 0 atom stereocenters. The first kappa shape index (κ1) is 15.4. The van der Waals surface area contributed by atoms with Crippen molar-refractivity contribution in [2.75, 3.05) is 0 Å². The van der Waals surface area contributed by atoms with Gasteiger partial charge < -0.3 is 0 Å². The Morgan fingerprint density at radius 1 is 1.22 bits per heavy atom. The summed E-state index contributed by atoms with van der Waals surface area (Å²) in [4.78, 5) is 21.5. The lowest BCUT2D eigenvalue weighted by Crippen LogP contribution is -2.24. The third-order valence-corrected chi connectivity index (χ3v) is 4.00. The molecule has 0 saturated heterocycles. The Bertz CT molecular complexity index is 916. The summed E-state index contributed by atoms with van der Waals surface area (Å²) in [6, 6.07) is 1.58. The van der Waals surface area contributed by atoms with Crippen LogP contribution in [-0.4, -0.2) is 34.2 Å². The summed E-state index contributed by atoms with van der Waals surface area (Å²) in [7, 11) is 0. The van der Waals surface area contributed by atoms with Gasteiger partial charge in [-0.15, -0.1) is 5.10 Å². The fourth-order valence-corrected chi connectivity index (χ4v) is 2.62. The summed E-state index contributed by atoms with van der Waals surface area (Å²) in [5.74, 6) is 1.36. The van der Waals surface area contributed by atoms with Crippen LogP contribution in [0.1, 0.15) is 49.6 Å². The Morgan fingerprint density at radius 2 is 1.96 bits per heavy atom. The summed E-state index contributed by atoms with van der Waals surface area (Å²) < 4.78 is 5.18. The van der Waals surface area contributed by atoms with Crippen molar-refractivity contribution in [2.45, 2.75) is 53.6 Å². The van der Waals surface area contributed by atoms with E-state index in [0.29, 0.717) is 12.3 Å². The Balaban J connectivity index is 2.17. The minimum absolute atomic E-state index is 0.118. The lowest BCUT2D eigenvalue weighted by atomic mass is 10.1. The summed E-state index contributed by atoms with van der Waals surface area (Å²) in [5, 5.41) is 8.23. The summed E-state index contributed by atoms with van der Waals surface area (Å²) in [6.45, 7) is 11.0. The SMILES string of the molecule is CCn1nnc(C)c1Cn1c(C)nc2nc(C(C)C)cc(=O)n21. The minimum atomic E-state index is -0.118. The molecule has 8 heteroatoms. The molecule has 0 aliphatic heterocycles. The second kappa shape index (κ2) is 5.60. The van der Waals surface area contributed by atoms with Crippen LogP contribution in [0.25, 0.3) is 5.78 Å². The van der Waals surface area contributed by atoms with Gasteiger partial charge in [0.25, 0.3) is 11.3 Å². The Hall–Kier alpha value is -2.51. The molecular weight excluding hydrogens is 294 g/mol. The zero-order valence-corrected chi connectivity index (χ0v) is 14.1. The van der Waals surface area contributed by atoms with Gasteiger partial charge >= 0.3 is 0 Å². The highest BCUT2D eigenvalue weighted by molar-refractivity contribution is 5.30. The lowest BCUT2D eigenvalue weighted by Gasteiger charge is -2.10. The molecular formula is C15H21N7O. The maximum Gasteiger partial charge on any atom is 0.274 e. The largest absolute Gasteiger partial charge is 0.274 e. The molecule has 0 aliphatic carbocycles. The van der Waals surface area contributed by atoms with E-state index in [0.717, 1.165) is 29.5 Å². The lowest BCUT2D eigenvalue weighted by molar-refractivity contribution is 0.535. The number of hydrogen-bond donors (Lipinski definition) is 0. The predicted octanol–water partition coefficient (Wildman–Crippen LogP) is 1.29. The van der Waals surface area contributed by atoms with Crippen LogP contribution in [0.4, 0.5) is 0 Å². The Kier molecular flexibility index (Phi) is 3.75. The van der Waals surface area contributed by atoms with Gasteiger partial charge in [-0.25, -0.2) is 9.67 Å². The average molecular weight is 315 g/mol. The van der Waals surface area contributed by atoms with E-state index in [2.05, 4.69) is 20.3 Å². The van der Waals surface area contributed by atoms with Gasteiger partial charge in [0, 0.05) is 12.6 Å². The average Bonchev–Trinajstić information content (AvgIpc) is 3.00. The van der Waals surface area contributed by atoms with Gasteiger partial charge in [0.05, 0.1) is 23.6 Å². The fourth-order valence-electron chi connectivity index (χ4n) is 2.62. The van der Waals surface area contributed by atoms with E-state index >= 15 is 0 Å². The standard InChI is InChI=1S/C15H21N7O/c1-6-20-13(10(4)18-19-20)8-21-11(5)16-15-17-12(9(2)3)7-14(23)22(15)21/h7,9H,6,8H2,1-5H3. The van der Waals surface area contributed by atoms with E-state index in [-0.39, 0.29) is 11.5 Å². The zero-order chi connectivity index (χ0) is 16.7. The van der Waals surface area contributed by atoms with Gasteiger partial charge in [-0.2, -0.15) is 9.50 Å². The highest BCUT2D eigenvalue weighted by Crippen LogP contribution is 2.12. The number of rotatable bonds is 4. The molecule has 3 aromatic rings. The van der Waals surface area contributed by atoms with Crippen LogP contribution in [0, 0.1) is 13.8 Å². The van der Waals surface area contributed by atoms with Crippen molar-refractivity contribution in [2.24, 2.45) is 0 Å².